The molecule has 1 aromatic rings. The quantitative estimate of drug-likeness (QED) is 0.752. The fourth-order valence-corrected chi connectivity index (χ4v) is 3.67. The summed E-state index contributed by atoms with van der Waals surface area (Å²) in [7, 11) is 0. The van der Waals surface area contributed by atoms with E-state index in [0.717, 1.165) is 25.1 Å². The first-order valence-corrected chi connectivity index (χ1v) is 8.73. The van der Waals surface area contributed by atoms with E-state index >= 15 is 0 Å². The zero-order valence-electron chi connectivity index (χ0n) is 12.3. The molecule has 0 N–H and O–H groups in total. The van der Waals surface area contributed by atoms with Crippen molar-refractivity contribution in [2.75, 3.05) is 18.9 Å². The maximum absolute atomic E-state index is 12.0. The van der Waals surface area contributed by atoms with Gasteiger partial charge in [-0.2, -0.15) is 0 Å². The highest BCUT2D eigenvalue weighted by Crippen LogP contribution is 2.21. The lowest BCUT2D eigenvalue weighted by atomic mass is 10.1. The molecule has 1 aliphatic heterocycles. The van der Waals surface area contributed by atoms with Gasteiger partial charge >= 0.3 is 0 Å². The summed E-state index contributed by atoms with van der Waals surface area (Å²) in [6.07, 6.45) is 2.50. The van der Waals surface area contributed by atoms with Gasteiger partial charge in [0.25, 0.3) is 0 Å². The van der Waals surface area contributed by atoms with Crippen molar-refractivity contribution in [1.29, 1.82) is 0 Å². The molecule has 0 aromatic heterocycles. The van der Waals surface area contributed by atoms with Crippen LogP contribution in [0.3, 0.4) is 0 Å². The summed E-state index contributed by atoms with van der Waals surface area (Å²) >= 11 is 6.71. The number of thioether (sulfide) groups is 1. The van der Waals surface area contributed by atoms with Gasteiger partial charge in [-0.05, 0) is 37.5 Å². The van der Waals surface area contributed by atoms with E-state index in [4.69, 9.17) is 17.0 Å². The lowest BCUT2D eigenvalue weighted by Crippen LogP contribution is -2.39. The number of nitrogens with zero attached hydrogens (tertiary/aromatic N) is 1. The van der Waals surface area contributed by atoms with Gasteiger partial charge in [-0.3, -0.25) is 4.79 Å². The van der Waals surface area contributed by atoms with Crippen LogP contribution < -0.4 is 0 Å². The number of thiocarbonyl (C=S) groups is 1. The molecule has 21 heavy (non-hydrogen) atoms. The topological polar surface area (TPSA) is 29.5 Å². The molecule has 5 heteroatoms. The number of carbonyl (C=O) groups excluding carboxylic acids is 1. The summed E-state index contributed by atoms with van der Waals surface area (Å²) < 4.78 is 5.89. The van der Waals surface area contributed by atoms with E-state index in [-0.39, 0.29) is 11.9 Å². The molecular weight excluding hydrogens is 302 g/mol. The third kappa shape index (κ3) is 5.00. The molecule has 1 fully saturated rings. The van der Waals surface area contributed by atoms with E-state index in [9.17, 15) is 4.79 Å². The molecule has 1 unspecified atom stereocenters. The van der Waals surface area contributed by atoms with Crippen LogP contribution in [0, 0.1) is 0 Å². The second-order valence-corrected chi connectivity index (χ2v) is 6.65. The maximum Gasteiger partial charge on any atom is 0.222 e. The van der Waals surface area contributed by atoms with E-state index in [1.807, 2.05) is 30.0 Å². The number of rotatable bonds is 6. The Kier molecular flexibility index (Phi) is 6.51. The Morgan fingerprint density at radius 1 is 1.43 bits per heavy atom. The van der Waals surface area contributed by atoms with Gasteiger partial charge in [0.05, 0.1) is 6.61 Å². The van der Waals surface area contributed by atoms with E-state index in [0.29, 0.717) is 17.4 Å². The average molecular weight is 323 g/mol. The van der Waals surface area contributed by atoms with Crippen molar-refractivity contribution in [2.24, 2.45) is 0 Å². The standard InChI is InChI=1S/C16H21NO2S2/c1-2-19-16(20)21-12-14(17-10-6-9-15(17)18)11-13-7-4-3-5-8-13/h3-5,7-8,14H,2,6,9-12H2,1H3. The Morgan fingerprint density at radius 3 is 2.81 bits per heavy atom. The predicted molar refractivity (Wildman–Crippen MR) is 91.6 cm³/mol. The van der Waals surface area contributed by atoms with Gasteiger partial charge < -0.3 is 9.64 Å². The molecule has 3 nitrogen and oxygen atoms in total. The number of hydrogen-bond acceptors (Lipinski definition) is 4. The molecule has 2 rings (SSSR count). The summed E-state index contributed by atoms with van der Waals surface area (Å²) in [4.78, 5) is 14.0. The van der Waals surface area contributed by atoms with Crippen molar-refractivity contribution in [3.63, 3.8) is 0 Å². The van der Waals surface area contributed by atoms with Crippen molar-refractivity contribution in [3.8, 4) is 0 Å². The highest BCUT2D eigenvalue weighted by Gasteiger charge is 2.28. The molecule has 1 saturated heterocycles. The zero-order chi connectivity index (χ0) is 15.1. The number of carbonyl (C=O) groups is 1. The van der Waals surface area contributed by atoms with Gasteiger partial charge in [-0.25, -0.2) is 0 Å². The van der Waals surface area contributed by atoms with Crippen LogP contribution in [-0.2, 0) is 16.0 Å². The monoisotopic (exact) mass is 323 g/mol. The Morgan fingerprint density at radius 2 is 2.19 bits per heavy atom. The number of likely N-dealkylation sites (tertiary alicyclic amines) is 1. The fourth-order valence-electron chi connectivity index (χ4n) is 2.52. The summed E-state index contributed by atoms with van der Waals surface area (Å²) in [6, 6.07) is 10.5. The van der Waals surface area contributed by atoms with Crippen LogP contribution >= 0.6 is 24.0 Å². The molecule has 114 valence electrons. The smallest absolute Gasteiger partial charge is 0.222 e. The fraction of sp³-hybridized carbons (Fsp3) is 0.500. The minimum atomic E-state index is 0.186. The van der Waals surface area contributed by atoms with Gasteiger partial charge in [-0.15, -0.1) is 0 Å². The van der Waals surface area contributed by atoms with Crippen LogP contribution in [0.1, 0.15) is 25.3 Å². The number of benzene rings is 1. The molecule has 1 aliphatic rings. The van der Waals surface area contributed by atoms with Crippen molar-refractivity contribution in [2.45, 2.75) is 32.2 Å². The summed E-state index contributed by atoms with van der Waals surface area (Å²) in [5, 5.41) is 0. The molecule has 1 amide bonds. The first-order chi connectivity index (χ1) is 10.2. The molecule has 1 aromatic carbocycles. The summed E-state index contributed by atoms with van der Waals surface area (Å²) in [5.74, 6) is 1.05. The van der Waals surface area contributed by atoms with Crippen molar-refractivity contribution >= 4 is 34.3 Å². The SMILES string of the molecule is CCOC(=S)SCC(Cc1ccccc1)N1CCCC1=O. The van der Waals surface area contributed by atoms with Gasteiger partial charge in [0.2, 0.25) is 10.3 Å². The van der Waals surface area contributed by atoms with Crippen LogP contribution in [0.2, 0.25) is 0 Å². The minimum Gasteiger partial charge on any atom is -0.479 e. The molecule has 1 heterocycles. The molecule has 0 bridgehead atoms. The highest BCUT2D eigenvalue weighted by molar-refractivity contribution is 8.22. The Balaban J connectivity index is 2.00. The lowest BCUT2D eigenvalue weighted by molar-refractivity contribution is -0.129. The Hall–Kier alpha value is -1.07. The molecule has 1 atom stereocenters. The molecular formula is C16H21NO2S2. The van der Waals surface area contributed by atoms with Crippen LogP contribution in [0.4, 0.5) is 0 Å². The third-order valence-corrected chi connectivity index (χ3v) is 4.90. The first-order valence-electron chi connectivity index (χ1n) is 7.33. The van der Waals surface area contributed by atoms with Crippen LogP contribution in [0.15, 0.2) is 30.3 Å². The Bertz CT molecular complexity index is 478. The van der Waals surface area contributed by atoms with Crippen LogP contribution in [0.5, 0.6) is 0 Å². The predicted octanol–water partition coefficient (Wildman–Crippen LogP) is 3.27. The summed E-state index contributed by atoms with van der Waals surface area (Å²) in [6.45, 7) is 3.38. The van der Waals surface area contributed by atoms with Gasteiger partial charge in [0.15, 0.2) is 0 Å². The van der Waals surface area contributed by atoms with Gasteiger partial charge in [-0.1, -0.05) is 42.1 Å². The van der Waals surface area contributed by atoms with E-state index in [1.54, 1.807) is 0 Å². The number of amides is 1. The largest absolute Gasteiger partial charge is 0.479 e. The van der Waals surface area contributed by atoms with Gasteiger partial charge in [0, 0.05) is 24.8 Å². The second-order valence-electron chi connectivity index (χ2n) is 5.03. The average Bonchev–Trinajstić information content (AvgIpc) is 2.91. The second kappa shape index (κ2) is 8.39. The van der Waals surface area contributed by atoms with E-state index < -0.39 is 0 Å². The first kappa shape index (κ1) is 16.3. The van der Waals surface area contributed by atoms with E-state index in [1.165, 1.54) is 17.3 Å². The minimum absolute atomic E-state index is 0.186. The summed E-state index contributed by atoms with van der Waals surface area (Å²) in [5.41, 5.74) is 1.25. The normalized spacial score (nSPS) is 16.0. The molecule has 0 aliphatic carbocycles. The van der Waals surface area contributed by atoms with Crippen LogP contribution in [0.25, 0.3) is 0 Å². The van der Waals surface area contributed by atoms with Crippen molar-refractivity contribution in [1.82, 2.24) is 4.90 Å². The third-order valence-electron chi connectivity index (χ3n) is 3.52. The number of hydrogen-bond donors (Lipinski definition) is 0. The highest BCUT2D eigenvalue weighted by atomic mass is 32.2. The lowest BCUT2D eigenvalue weighted by Gasteiger charge is -2.27. The molecule has 0 radical (unpaired) electrons. The van der Waals surface area contributed by atoms with Crippen molar-refractivity contribution < 1.29 is 9.53 Å². The van der Waals surface area contributed by atoms with Crippen molar-refractivity contribution in [3.05, 3.63) is 35.9 Å². The molecule has 0 spiro atoms. The number of ether oxygens (including phenoxy) is 1. The molecule has 0 saturated carbocycles. The van der Waals surface area contributed by atoms with Crippen LogP contribution in [-0.4, -0.2) is 40.1 Å². The van der Waals surface area contributed by atoms with E-state index in [2.05, 4.69) is 12.1 Å². The maximum atomic E-state index is 12.0. The van der Waals surface area contributed by atoms with Gasteiger partial charge in [0.1, 0.15) is 0 Å². The zero-order valence-corrected chi connectivity index (χ0v) is 13.9. The Labute approximate surface area is 136 Å².